The van der Waals surface area contributed by atoms with E-state index in [1.54, 1.807) is 0 Å². The summed E-state index contributed by atoms with van der Waals surface area (Å²) >= 11 is 2.87. The number of nitrogens with two attached hydrogens (primary N) is 2. The van der Waals surface area contributed by atoms with Crippen molar-refractivity contribution in [2.45, 2.75) is 26.3 Å². The van der Waals surface area contributed by atoms with Crippen molar-refractivity contribution in [2.75, 3.05) is 11.9 Å². The van der Waals surface area contributed by atoms with Gasteiger partial charge in [0, 0.05) is 17.3 Å². The van der Waals surface area contributed by atoms with Gasteiger partial charge in [0.15, 0.2) is 11.1 Å². The van der Waals surface area contributed by atoms with Crippen LogP contribution < -0.4 is 22.1 Å². The molecule has 0 aliphatic rings. The molecule has 0 bridgehead atoms. The number of unbranched alkanes of at least 4 members (excludes halogenated alkanes) is 1. The van der Waals surface area contributed by atoms with Crippen molar-refractivity contribution in [3.05, 3.63) is 15.8 Å². The van der Waals surface area contributed by atoms with E-state index in [4.69, 9.17) is 11.5 Å². The second-order valence-corrected chi connectivity index (χ2v) is 6.43. The molecule has 0 saturated heterocycles. The molecular weight excluding hydrogens is 334 g/mol. The van der Waals surface area contributed by atoms with Gasteiger partial charge >= 0.3 is 6.03 Å². The Morgan fingerprint density at radius 1 is 1.26 bits per heavy atom. The largest absolute Gasteiger partial charge is 0.370 e. The number of guanidine groups is 1. The van der Waals surface area contributed by atoms with Crippen LogP contribution in [0.5, 0.6) is 0 Å². The third-order valence-electron chi connectivity index (χ3n) is 2.76. The van der Waals surface area contributed by atoms with Crippen molar-refractivity contribution in [2.24, 2.45) is 16.5 Å². The van der Waals surface area contributed by atoms with Crippen LogP contribution in [-0.2, 0) is 6.54 Å². The van der Waals surface area contributed by atoms with Crippen molar-refractivity contribution < 1.29 is 4.79 Å². The number of anilines is 1. The molecule has 0 spiro atoms. The van der Waals surface area contributed by atoms with Crippen LogP contribution in [0.4, 0.5) is 9.93 Å². The smallest absolute Gasteiger partial charge is 0.312 e. The molecule has 23 heavy (non-hydrogen) atoms. The van der Waals surface area contributed by atoms with Crippen molar-refractivity contribution in [3.8, 4) is 11.4 Å². The van der Waals surface area contributed by atoms with Crippen molar-refractivity contribution in [3.63, 3.8) is 0 Å². The van der Waals surface area contributed by atoms with E-state index in [9.17, 15) is 4.79 Å². The van der Waals surface area contributed by atoms with Crippen LogP contribution in [0.3, 0.4) is 0 Å². The zero-order chi connectivity index (χ0) is 16.7. The quantitative estimate of drug-likeness (QED) is 0.343. The van der Waals surface area contributed by atoms with Crippen LogP contribution >= 0.6 is 22.7 Å². The molecule has 0 aliphatic heterocycles. The Morgan fingerprint density at radius 2 is 2.00 bits per heavy atom. The summed E-state index contributed by atoms with van der Waals surface area (Å²) in [5.74, 6) is 0.365. The third kappa shape index (κ3) is 5.49. The molecule has 10 heteroatoms. The number of aliphatic imine (C=N–C) groups is 1. The molecule has 2 amide bonds. The van der Waals surface area contributed by atoms with Crippen LogP contribution in [0.2, 0.25) is 0 Å². The molecule has 0 aliphatic carbocycles. The SMILES string of the molecule is CCCCN=C(N)Nc1nc(-c2csc(CNC(N)=O)n2)cs1. The maximum atomic E-state index is 10.7. The lowest BCUT2D eigenvalue weighted by Gasteiger charge is -2.00. The van der Waals surface area contributed by atoms with Crippen molar-refractivity contribution in [1.82, 2.24) is 15.3 Å². The van der Waals surface area contributed by atoms with Crippen LogP contribution in [0.25, 0.3) is 11.4 Å². The van der Waals surface area contributed by atoms with E-state index in [0.29, 0.717) is 24.2 Å². The van der Waals surface area contributed by atoms with Gasteiger partial charge in [-0.25, -0.2) is 14.8 Å². The molecule has 6 N–H and O–H groups in total. The summed E-state index contributed by atoms with van der Waals surface area (Å²) in [5.41, 5.74) is 12.3. The zero-order valence-electron chi connectivity index (χ0n) is 12.7. The fraction of sp³-hybridized carbons (Fsp3) is 0.385. The first-order chi connectivity index (χ1) is 11.1. The van der Waals surface area contributed by atoms with E-state index in [1.807, 2.05) is 10.8 Å². The third-order valence-corrected chi connectivity index (χ3v) is 4.37. The number of urea groups is 1. The van der Waals surface area contributed by atoms with Gasteiger partial charge in [-0.05, 0) is 6.42 Å². The fourth-order valence-corrected chi connectivity index (χ4v) is 3.07. The predicted octanol–water partition coefficient (Wildman–Crippen LogP) is 1.96. The molecule has 2 aromatic rings. The summed E-state index contributed by atoms with van der Waals surface area (Å²) < 4.78 is 0. The highest BCUT2D eigenvalue weighted by Gasteiger charge is 2.09. The highest BCUT2D eigenvalue weighted by molar-refractivity contribution is 7.14. The van der Waals surface area contributed by atoms with Gasteiger partial charge in [0.2, 0.25) is 0 Å². The Kier molecular flexibility index (Phi) is 6.29. The molecule has 0 atom stereocenters. The average molecular weight is 353 g/mol. The highest BCUT2D eigenvalue weighted by Crippen LogP contribution is 2.26. The van der Waals surface area contributed by atoms with Crippen LogP contribution in [0.15, 0.2) is 15.8 Å². The lowest BCUT2D eigenvalue weighted by Crippen LogP contribution is -2.28. The number of hydrogen-bond donors (Lipinski definition) is 4. The fourth-order valence-electron chi connectivity index (χ4n) is 1.63. The van der Waals surface area contributed by atoms with Gasteiger partial charge in [0.1, 0.15) is 16.4 Å². The summed E-state index contributed by atoms with van der Waals surface area (Å²) in [6, 6.07) is -0.570. The Morgan fingerprint density at radius 3 is 2.74 bits per heavy atom. The second-order valence-electron chi connectivity index (χ2n) is 4.63. The predicted molar refractivity (Wildman–Crippen MR) is 94.7 cm³/mol. The molecule has 8 nitrogen and oxygen atoms in total. The Balaban J connectivity index is 1.96. The average Bonchev–Trinajstić information content (AvgIpc) is 3.14. The number of carbonyl (C=O) groups excluding carboxylic acids is 1. The first-order valence-corrected chi connectivity index (χ1v) is 8.85. The van der Waals surface area contributed by atoms with E-state index in [1.165, 1.54) is 22.7 Å². The number of nitrogens with zero attached hydrogens (tertiary/aromatic N) is 3. The topological polar surface area (TPSA) is 131 Å². The molecule has 124 valence electrons. The number of hydrogen-bond acceptors (Lipinski definition) is 6. The normalized spacial score (nSPS) is 11.4. The Hall–Kier alpha value is -2.20. The zero-order valence-corrected chi connectivity index (χ0v) is 14.3. The monoisotopic (exact) mass is 353 g/mol. The van der Waals surface area contributed by atoms with Gasteiger partial charge in [0.25, 0.3) is 0 Å². The minimum atomic E-state index is -0.570. The summed E-state index contributed by atoms with van der Waals surface area (Å²) in [4.78, 5) is 23.8. The maximum Gasteiger partial charge on any atom is 0.312 e. The lowest BCUT2D eigenvalue weighted by molar-refractivity contribution is 0.248. The molecule has 2 heterocycles. The molecule has 2 aromatic heterocycles. The van der Waals surface area contributed by atoms with Gasteiger partial charge in [-0.3, -0.25) is 4.99 Å². The number of thiazole rings is 2. The van der Waals surface area contributed by atoms with Crippen molar-refractivity contribution >= 4 is 39.8 Å². The van der Waals surface area contributed by atoms with Crippen LogP contribution in [-0.4, -0.2) is 28.5 Å². The number of rotatable bonds is 7. The molecule has 0 saturated carbocycles. The van der Waals surface area contributed by atoms with E-state index >= 15 is 0 Å². The summed E-state index contributed by atoms with van der Waals surface area (Å²) in [7, 11) is 0. The molecule has 2 rings (SSSR count). The van der Waals surface area contributed by atoms with Gasteiger partial charge in [0.05, 0.1) is 6.54 Å². The number of aromatic nitrogens is 2. The van der Waals surface area contributed by atoms with E-state index in [2.05, 4.69) is 32.5 Å². The standard InChI is InChI=1S/C13H19N7OS2/c1-2-3-4-16-11(14)20-13-19-9(7-23-13)8-6-22-10(18-8)5-17-12(15)21/h6-7H,2-5H2,1H3,(H3,15,17,21)(H3,14,16,19,20). The molecule has 0 unspecified atom stereocenters. The van der Waals surface area contributed by atoms with Gasteiger partial charge in [-0.15, -0.1) is 22.7 Å². The van der Waals surface area contributed by atoms with Crippen LogP contribution in [0, 0.1) is 0 Å². The van der Waals surface area contributed by atoms with E-state index in [-0.39, 0.29) is 0 Å². The van der Waals surface area contributed by atoms with E-state index in [0.717, 1.165) is 29.2 Å². The Bertz CT molecular complexity index is 679. The molecular formula is C13H19N7OS2. The van der Waals surface area contributed by atoms with Crippen LogP contribution in [0.1, 0.15) is 24.8 Å². The number of amides is 2. The van der Waals surface area contributed by atoms with Gasteiger partial charge in [-0.2, -0.15) is 0 Å². The minimum absolute atomic E-state index is 0.312. The van der Waals surface area contributed by atoms with E-state index < -0.39 is 6.03 Å². The lowest BCUT2D eigenvalue weighted by atomic mass is 10.3. The van der Waals surface area contributed by atoms with Gasteiger partial charge in [-0.1, -0.05) is 13.3 Å². The first-order valence-electron chi connectivity index (χ1n) is 7.09. The molecule has 0 aromatic carbocycles. The number of nitrogens with one attached hydrogen (secondary N) is 2. The maximum absolute atomic E-state index is 10.7. The summed E-state index contributed by atoms with van der Waals surface area (Å²) in [6.07, 6.45) is 2.08. The number of primary amides is 1. The second kappa shape index (κ2) is 8.44. The minimum Gasteiger partial charge on any atom is -0.370 e. The molecule has 0 fully saturated rings. The highest BCUT2D eigenvalue weighted by atomic mass is 32.1. The summed E-state index contributed by atoms with van der Waals surface area (Å²) in [5, 5.41) is 10.7. The van der Waals surface area contributed by atoms with Gasteiger partial charge < -0.3 is 22.1 Å². The first kappa shape index (κ1) is 17.2. The number of carbonyl (C=O) groups is 1. The molecule has 0 radical (unpaired) electrons. The Labute approximate surface area is 142 Å². The van der Waals surface area contributed by atoms with Crippen molar-refractivity contribution in [1.29, 1.82) is 0 Å². The summed E-state index contributed by atoms with van der Waals surface area (Å²) in [6.45, 7) is 3.12.